The minimum Gasteiger partial charge on any atom is -0.384 e. The van der Waals surface area contributed by atoms with E-state index in [0.717, 1.165) is 31.1 Å². The Morgan fingerprint density at radius 3 is 3.06 bits per heavy atom. The molecule has 1 aliphatic rings. The smallest absolute Gasteiger partial charge is 0.131 e. The summed E-state index contributed by atoms with van der Waals surface area (Å²) in [6.07, 6.45) is 3.06. The Labute approximate surface area is 108 Å². The second kappa shape index (κ2) is 5.69. The van der Waals surface area contributed by atoms with Crippen LogP contribution in [0.2, 0.25) is 0 Å². The van der Waals surface area contributed by atoms with Gasteiger partial charge in [0, 0.05) is 38.2 Å². The first kappa shape index (κ1) is 12.7. The summed E-state index contributed by atoms with van der Waals surface area (Å²) in [4.78, 5) is 6.87. The van der Waals surface area contributed by atoms with E-state index in [1.165, 1.54) is 12.0 Å². The summed E-state index contributed by atoms with van der Waals surface area (Å²) < 4.78 is 5.21. The van der Waals surface area contributed by atoms with Crippen LogP contribution in [0, 0.1) is 12.8 Å². The maximum Gasteiger partial charge on any atom is 0.131 e. The van der Waals surface area contributed by atoms with E-state index in [1.54, 1.807) is 7.11 Å². The fourth-order valence-electron chi connectivity index (χ4n) is 2.43. The van der Waals surface area contributed by atoms with E-state index in [2.05, 4.69) is 22.9 Å². The molecule has 1 unspecified atom stereocenters. The molecule has 94 valence electrons. The molecule has 0 amide bonds. The van der Waals surface area contributed by atoms with Crippen molar-refractivity contribution in [1.29, 1.82) is 0 Å². The standard InChI is InChI=1S/C13H19ClN2O/c1-10-5-12(6-14)7-15-13(10)16-4-3-11(8-16)9-17-2/h5,7,11H,3-4,6,8-9H2,1-2H3. The van der Waals surface area contributed by atoms with Gasteiger partial charge in [-0.1, -0.05) is 0 Å². The van der Waals surface area contributed by atoms with Crippen LogP contribution < -0.4 is 4.90 Å². The van der Waals surface area contributed by atoms with Crippen molar-refractivity contribution in [2.24, 2.45) is 5.92 Å². The lowest BCUT2D eigenvalue weighted by atomic mass is 10.1. The van der Waals surface area contributed by atoms with Gasteiger partial charge < -0.3 is 9.64 Å². The Balaban J connectivity index is 2.08. The van der Waals surface area contributed by atoms with E-state index in [-0.39, 0.29) is 0 Å². The molecule has 2 rings (SSSR count). The number of aromatic nitrogens is 1. The highest BCUT2D eigenvalue weighted by atomic mass is 35.5. The fraction of sp³-hybridized carbons (Fsp3) is 0.615. The molecule has 17 heavy (non-hydrogen) atoms. The van der Waals surface area contributed by atoms with Crippen LogP contribution in [0.3, 0.4) is 0 Å². The van der Waals surface area contributed by atoms with Crippen molar-refractivity contribution in [3.63, 3.8) is 0 Å². The Morgan fingerprint density at radius 1 is 1.59 bits per heavy atom. The normalized spacial score (nSPS) is 19.9. The zero-order valence-electron chi connectivity index (χ0n) is 10.4. The predicted octanol–water partition coefficient (Wildman–Crippen LogP) is 2.60. The van der Waals surface area contributed by atoms with Gasteiger partial charge in [-0.25, -0.2) is 4.98 Å². The molecule has 4 heteroatoms. The van der Waals surface area contributed by atoms with Crippen LogP contribution in [-0.2, 0) is 10.6 Å². The molecule has 0 radical (unpaired) electrons. The quantitative estimate of drug-likeness (QED) is 0.773. The van der Waals surface area contributed by atoms with E-state index in [0.29, 0.717) is 11.8 Å². The topological polar surface area (TPSA) is 25.4 Å². The number of aryl methyl sites for hydroxylation is 1. The van der Waals surface area contributed by atoms with Gasteiger partial charge in [-0.2, -0.15) is 0 Å². The summed E-state index contributed by atoms with van der Waals surface area (Å²) in [6, 6.07) is 2.12. The lowest BCUT2D eigenvalue weighted by molar-refractivity contribution is 0.161. The predicted molar refractivity (Wildman–Crippen MR) is 70.7 cm³/mol. The van der Waals surface area contributed by atoms with Gasteiger partial charge in [-0.05, 0) is 30.5 Å². The molecular weight excluding hydrogens is 236 g/mol. The molecule has 1 aliphatic heterocycles. The van der Waals surface area contributed by atoms with Crippen molar-refractivity contribution in [1.82, 2.24) is 4.98 Å². The number of halogens is 1. The fourth-order valence-corrected chi connectivity index (χ4v) is 2.57. The number of hydrogen-bond donors (Lipinski definition) is 0. The summed E-state index contributed by atoms with van der Waals surface area (Å²) in [7, 11) is 1.77. The van der Waals surface area contributed by atoms with Crippen LogP contribution in [0.1, 0.15) is 17.5 Å². The summed E-state index contributed by atoms with van der Waals surface area (Å²) >= 11 is 5.81. The van der Waals surface area contributed by atoms with Crippen molar-refractivity contribution in [2.45, 2.75) is 19.2 Å². The molecule has 1 atom stereocenters. The van der Waals surface area contributed by atoms with Crippen LogP contribution in [0.4, 0.5) is 5.82 Å². The van der Waals surface area contributed by atoms with Crippen molar-refractivity contribution >= 4 is 17.4 Å². The van der Waals surface area contributed by atoms with Crippen LogP contribution in [0.25, 0.3) is 0 Å². The van der Waals surface area contributed by atoms with Crippen molar-refractivity contribution in [3.8, 4) is 0 Å². The molecule has 0 N–H and O–H groups in total. The zero-order chi connectivity index (χ0) is 12.3. The molecule has 0 spiro atoms. The van der Waals surface area contributed by atoms with E-state index in [9.17, 15) is 0 Å². The van der Waals surface area contributed by atoms with Crippen LogP contribution in [0.5, 0.6) is 0 Å². The Hall–Kier alpha value is -0.800. The maximum absolute atomic E-state index is 5.81. The number of anilines is 1. The summed E-state index contributed by atoms with van der Waals surface area (Å²) in [5.41, 5.74) is 2.29. The number of ether oxygens (including phenoxy) is 1. The number of pyridine rings is 1. The van der Waals surface area contributed by atoms with E-state index >= 15 is 0 Å². The molecule has 1 fully saturated rings. The van der Waals surface area contributed by atoms with Crippen LogP contribution >= 0.6 is 11.6 Å². The van der Waals surface area contributed by atoms with Crippen molar-refractivity contribution < 1.29 is 4.74 Å². The highest BCUT2D eigenvalue weighted by Crippen LogP contribution is 2.25. The lowest BCUT2D eigenvalue weighted by Gasteiger charge is -2.19. The lowest BCUT2D eigenvalue weighted by Crippen LogP contribution is -2.23. The third-order valence-electron chi connectivity index (χ3n) is 3.25. The minimum atomic E-state index is 0.528. The molecule has 0 aromatic carbocycles. The summed E-state index contributed by atoms with van der Waals surface area (Å²) in [5, 5.41) is 0. The van der Waals surface area contributed by atoms with Gasteiger partial charge in [0.25, 0.3) is 0 Å². The third-order valence-corrected chi connectivity index (χ3v) is 3.56. The van der Waals surface area contributed by atoms with Crippen molar-refractivity contribution in [3.05, 3.63) is 23.4 Å². The molecule has 1 saturated heterocycles. The zero-order valence-corrected chi connectivity index (χ0v) is 11.2. The van der Waals surface area contributed by atoms with Gasteiger partial charge in [0.1, 0.15) is 5.82 Å². The number of hydrogen-bond acceptors (Lipinski definition) is 3. The molecule has 0 bridgehead atoms. The van der Waals surface area contributed by atoms with Gasteiger partial charge >= 0.3 is 0 Å². The average Bonchev–Trinajstić information content (AvgIpc) is 2.78. The highest BCUT2D eigenvalue weighted by Gasteiger charge is 2.24. The molecule has 1 aromatic heterocycles. The van der Waals surface area contributed by atoms with Gasteiger partial charge in [0.2, 0.25) is 0 Å². The number of rotatable bonds is 4. The second-order valence-corrected chi connectivity index (χ2v) is 4.94. The largest absolute Gasteiger partial charge is 0.384 e. The Morgan fingerprint density at radius 2 is 2.41 bits per heavy atom. The molecule has 3 nitrogen and oxygen atoms in total. The molecule has 2 heterocycles. The first-order chi connectivity index (χ1) is 8.24. The average molecular weight is 255 g/mol. The van der Waals surface area contributed by atoms with Gasteiger partial charge in [0.15, 0.2) is 0 Å². The number of nitrogens with zero attached hydrogens (tertiary/aromatic N) is 2. The Kier molecular flexibility index (Phi) is 4.24. The molecule has 1 aromatic rings. The van der Waals surface area contributed by atoms with E-state index in [4.69, 9.17) is 16.3 Å². The molecular formula is C13H19ClN2O. The Bertz CT molecular complexity index is 384. The van der Waals surface area contributed by atoms with E-state index in [1.807, 2.05) is 6.20 Å². The van der Waals surface area contributed by atoms with Gasteiger partial charge in [-0.15, -0.1) is 11.6 Å². The maximum atomic E-state index is 5.81. The third kappa shape index (κ3) is 2.90. The summed E-state index contributed by atoms with van der Waals surface area (Å²) in [6.45, 7) is 5.06. The second-order valence-electron chi connectivity index (χ2n) is 4.67. The molecule has 0 aliphatic carbocycles. The number of alkyl halides is 1. The molecule has 0 saturated carbocycles. The van der Waals surface area contributed by atoms with Gasteiger partial charge in [-0.3, -0.25) is 0 Å². The number of methoxy groups -OCH3 is 1. The van der Waals surface area contributed by atoms with Crippen molar-refractivity contribution in [2.75, 3.05) is 31.7 Å². The van der Waals surface area contributed by atoms with E-state index < -0.39 is 0 Å². The highest BCUT2D eigenvalue weighted by molar-refractivity contribution is 6.17. The first-order valence-corrected chi connectivity index (χ1v) is 6.53. The first-order valence-electron chi connectivity index (χ1n) is 6.00. The van der Waals surface area contributed by atoms with Crippen LogP contribution in [0.15, 0.2) is 12.3 Å². The van der Waals surface area contributed by atoms with Crippen LogP contribution in [-0.4, -0.2) is 31.8 Å². The SMILES string of the molecule is COCC1CCN(c2ncc(CCl)cc2C)C1. The monoisotopic (exact) mass is 254 g/mol. The van der Waals surface area contributed by atoms with Gasteiger partial charge in [0.05, 0.1) is 6.61 Å². The minimum absolute atomic E-state index is 0.528. The summed E-state index contributed by atoms with van der Waals surface area (Å²) in [5.74, 6) is 2.26.